The van der Waals surface area contributed by atoms with Crippen LogP contribution in [0, 0.1) is 0 Å². The SMILES string of the molecule is Cn1nc(-c2ccc(NC(=O)c3ccccc3Cl)cc2)cc1NC(=O)c1cccc(C2(C(F)(F)F)N=N2)c1. The lowest BCUT2D eigenvalue weighted by molar-refractivity contribution is -0.166. The predicted octanol–water partition coefficient (Wildman–Crippen LogP) is 6.43. The highest BCUT2D eigenvalue weighted by Gasteiger charge is 2.65. The molecule has 3 aromatic carbocycles. The number of nitrogens with zero attached hydrogens (tertiary/aromatic N) is 4. The van der Waals surface area contributed by atoms with Crippen LogP contribution in [0.1, 0.15) is 26.3 Å². The molecular formula is C26H18ClF3N6O2. The summed E-state index contributed by atoms with van der Waals surface area (Å²) in [6, 6.07) is 20.3. The molecule has 8 nitrogen and oxygen atoms in total. The van der Waals surface area contributed by atoms with Crippen LogP contribution in [0.5, 0.6) is 0 Å². The summed E-state index contributed by atoms with van der Waals surface area (Å²) in [6.07, 6.45) is -4.69. The number of nitrogens with one attached hydrogen (secondary N) is 2. The molecule has 192 valence electrons. The second-order valence-electron chi connectivity index (χ2n) is 8.45. The zero-order valence-corrected chi connectivity index (χ0v) is 20.4. The van der Waals surface area contributed by atoms with Crippen LogP contribution in [0.25, 0.3) is 11.3 Å². The van der Waals surface area contributed by atoms with Gasteiger partial charge in [0.1, 0.15) is 5.82 Å². The molecule has 0 spiro atoms. The fraction of sp³-hybridized carbons (Fsp3) is 0.115. The Morgan fingerprint density at radius 3 is 2.26 bits per heavy atom. The molecule has 12 heteroatoms. The van der Waals surface area contributed by atoms with Crippen molar-refractivity contribution in [2.75, 3.05) is 10.6 Å². The number of carbonyl (C=O) groups excluding carboxylic acids is 2. The maximum atomic E-state index is 13.3. The van der Waals surface area contributed by atoms with Gasteiger partial charge in [0.05, 0.1) is 16.3 Å². The van der Waals surface area contributed by atoms with E-state index in [1.54, 1.807) is 61.6 Å². The van der Waals surface area contributed by atoms with Crippen LogP contribution in [0.15, 0.2) is 89.1 Å². The Bertz CT molecular complexity index is 1570. The highest BCUT2D eigenvalue weighted by molar-refractivity contribution is 6.34. The van der Waals surface area contributed by atoms with E-state index >= 15 is 0 Å². The Labute approximate surface area is 219 Å². The van der Waals surface area contributed by atoms with Crippen LogP contribution in [-0.4, -0.2) is 27.8 Å². The van der Waals surface area contributed by atoms with Crippen molar-refractivity contribution in [2.24, 2.45) is 17.3 Å². The topological polar surface area (TPSA) is 101 Å². The minimum Gasteiger partial charge on any atom is -0.322 e. The first-order valence-electron chi connectivity index (χ1n) is 11.2. The molecule has 0 saturated heterocycles. The molecule has 0 radical (unpaired) electrons. The van der Waals surface area contributed by atoms with Crippen molar-refractivity contribution < 1.29 is 22.8 Å². The van der Waals surface area contributed by atoms with Gasteiger partial charge in [0.15, 0.2) is 0 Å². The summed E-state index contributed by atoms with van der Waals surface area (Å²) in [4.78, 5) is 25.3. The average molecular weight is 539 g/mol. The van der Waals surface area contributed by atoms with E-state index in [0.29, 0.717) is 33.3 Å². The monoisotopic (exact) mass is 538 g/mol. The molecule has 2 N–H and O–H groups in total. The maximum absolute atomic E-state index is 13.3. The lowest BCUT2D eigenvalue weighted by Gasteiger charge is -2.15. The Hall–Kier alpha value is -4.51. The summed E-state index contributed by atoms with van der Waals surface area (Å²) < 4.78 is 41.4. The molecular weight excluding hydrogens is 521 g/mol. The van der Waals surface area contributed by atoms with Gasteiger partial charge in [-0.2, -0.15) is 18.3 Å². The van der Waals surface area contributed by atoms with E-state index in [2.05, 4.69) is 26.0 Å². The summed E-state index contributed by atoms with van der Waals surface area (Å²) in [5.74, 6) is -0.629. The van der Waals surface area contributed by atoms with Gasteiger partial charge in [-0.1, -0.05) is 48.0 Å². The third kappa shape index (κ3) is 4.75. The fourth-order valence-electron chi connectivity index (χ4n) is 3.80. The maximum Gasteiger partial charge on any atom is 0.442 e. The first-order chi connectivity index (χ1) is 18.1. The number of rotatable bonds is 6. The average Bonchev–Trinajstić information content (AvgIpc) is 3.64. The van der Waals surface area contributed by atoms with Crippen LogP contribution < -0.4 is 10.6 Å². The van der Waals surface area contributed by atoms with E-state index in [1.807, 2.05) is 0 Å². The lowest BCUT2D eigenvalue weighted by Crippen LogP contribution is -2.30. The van der Waals surface area contributed by atoms with Gasteiger partial charge in [-0.05, 0) is 36.4 Å². The minimum atomic E-state index is -4.69. The number of hydrogen-bond acceptors (Lipinski definition) is 5. The Morgan fingerprint density at radius 2 is 1.61 bits per heavy atom. The van der Waals surface area contributed by atoms with Crippen LogP contribution in [-0.2, 0) is 12.7 Å². The molecule has 0 bridgehead atoms. The lowest BCUT2D eigenvalue weighted by atomic mass is 10.00. The number of hydrogen-bond donors (Lipinski definition) is 2. The van der Waals surface area contributed by atoms with Crippen molar-refractivity contribution in [2.45, 2.75) is 11.8 Å². The highest BCUT2D eigenvalue weighted by Crippen LogP contribution is 2.52. The molecule has 5 rings (SSSR count). The summed E-state index contributed by atoms with van der Waals surface area (Å²) in [5.41, 5.74) is -0.677. The van der Waals surface area contributed by atoms with Crippen molar-refractivity contribution in [3.8, 4) is 11.3 Å². The molecule has 0 saturated carbocycles. The number of benzene rings is 3. The van der Waals surface area contributed by atoms with Crippen LogP contribution >= 0.6 is 11.6 Å². The van der Waals surface area contributed by atoms with Crippen molar-refractivity contribution in [1.82, 2.24) is 9.78 Å². The summed E-state index contributed by atoms with van der Waals surface area (Å²) >= 11 is 6.08. The third-order valence-corrected chi connectivity index (χ3v) is 6.23. The number of anilines is 2. The van der Waals surface area contributed by atoms with Crippen LogP contribution in [0.2, 0.25) is 5.02 Å². The van der Waals surface area contributed by atoms with Gasteiger partial charge < -0.3 is 10.6 Å². The molecule has 1 aromatic heterocycles. The molecule has 2 heterocycles. The number of alkyl halides is 3. The third-order valence-electron chi connectivity index (χ3n) is 5.90. The van der Waals surface area contributed by atoms with E-state index in [9.17, 15) is 22.8 Å². The Kier molecular flexibility index (Phi) is 6.23. The number of halogens is 4. The van der Waals surface area contributed by atoms with Gasteiger partial charge in [-0.25, -0.2) is 0 Å². The Morgan fingerprint density at radius 1 is 0.895 bits per heavy atom. The van der Waals surface area contributed by atoms with E-state index in [0.717, 1.165) is 6.07 Å². The summed E-state index contributed by atoms with van der Waals surface area (Å²) in [6.45, 7) is 0. The molecule has 0 unspecified atom stereocenters. The number of aromatic nitrogens is 2. The van der Waals surface area contributed by atoms with Gasteiger partial charge in [0, 0.05) is 35.5 Å². The fourth-order valence-corrected chi connectivity index (χ4v) is 4.02. The van der Waals surface area contributed by atoms with E-state index in [1.165, 1.54) is 22.9 Å². The largest absolute Gasteiger partial charge is 0.442 e. The molecule has 0 atom stereocenters. The normalized spacial score (nSPS) is 13.7. The number of carbonyl (C=O) groups is 2. The minimum absolute atomic E-state index is 0.0183. The molecule has 1 aliphatic heterocycles. The van der Waals surface area contributed by atoms with Crippen molar-refractivity contribution >= 4 is 34.9 Å². The van der Waals surface area contributed by atoms with Crippen molar-refractivity contribution in [1.29, 1.82) is 0 Å². The molecule has 0 aliphatic carbocycles. The molecule has 38 heavy (non-hydrogen) atoms. The van der Waals surface area contributed by atoms with Crippen LogP contribution in [0.3, 0.4) is 0 Å². The van der Waals surface area contributed by atoms with Gasteiger partial charge in [-0.3, -0.25) is 14.3 Å². The molecule has 2 amide bonds. The second-order valence-corrected chi connectivity index (χ2v) is 8.86. The van der Waals surface area contributed by atoms with Gasteiger partial charge in [0.2, 0.25) is 0 Å². The first kappa shape index (κ1) is 25.2. The summed E-state index contributed by atoms with van der Waals surface area (Å²) in [7, 11) is 1.62. The highest BCUT2D eigenvalue weighted by atomic mass is 35.5. The number of amides is 2. The van der Waals surface area contributed by atoms with Gasteiger partial charge >= 0.3 is 11.8 Å². The first-order valence-corrected chi connectivity index (χ1v) is 11.6. The molecule has 0 fully saturated rings. The number of aryl methyl sites for hydroxylation is 1. The zero-order valence-electron chi connectivity index (χ0n) is 19.6. The predicted molar refractivity (Wildman–Crippen MR) is 135 cm³/mol. The van der Waals surface area contributed by atoms with Gasteiger partial charge in [0.25, 0.3) is 11.8 Å². The zero-order chi connectivity index (χ0) is 27.1. The Balaban J connectivity index is 1.29. The van der Waals surface area contributed by atoms with Crippen molar-refractivity contribution in [3.63, 3.8) is 0 Å². The van der Waals surface area contributed by atoms with E-state index in [-0.39, 0.29) is 17.0 Å². The second kappa shape index (κ2) is 9.42. The quantitative estimate of drug-likeness (QED) is 0.296. The van der Waals surface area contributed by atoms with Crippen LogP contribution in [0.4, 0.5) is 24.7 Å². The smallest absolute Gasteiger partial charge is 0.322 e. The van der Waals surface area contributed by atoms with Crippen molar-refractivity contribution in [3.05, 3.63) is 101 Å². The summed E-state index contributed by atoms with van der Waals surface area (Å²) in [5, 5.41) is 16.5. The standard InChI is InChI=1S/C26H18ClF3N6O2/c1-36-22(32-23(37)16-5-4-6-17(13-16)25(34-35-25)26(28,29)30)14-21(33-36)15-9-11-18(12-10-15)31-24(38)19-7-2-3-8-20(19)27/h2-14H,1H3,(H,31,38)(H,32,37). The van der Waals surface area contributed by atoms with Gasteiger partial charge in [-0.15, -0.1) is 10.2 Å². The molecule has 1 aliphatic rings. The van der Waals surface area contributed by atoms with E-state index in [4.69, 9.17) is 11.6 Å². The van der Waals surface area contributed by atoms with E-state index < -0.39 is 17.7 Å². The molecule has 4 aromatic rings.